The van der Waals surface area contributed by atoms with Gasteiger partial charge in [-0.1, -0.05) is 11.6 Å². The monoisotopic (exact) mass is 332 g/mol. The molecule has 0 atom stereocenters. The van der Waals surface area contributed by atoms with Crippen LogP contribution in [0, 0.1) is 0 Å². The Bertz CT molecular complexity index is 718. The van der Waals surface area contributed by atoms with Crippen molar-refractivity contribution >= 4 is 33.0 Å². The summed E-state index contributed by atoms with van der Waals surface area (Å²) in [6, 6.07) is 5.97. The lowest BCUT2D eigenvalue weighted by molar-refractivity contribution is 0.456. The number of nitrogens with zero attached hydrogens (tertiary/aromatic N) is 2. The Morgan fingerprint density at radius 3 is 2.40 bits per heavy atom. The van der Waals surface area contributed by atoms with Crippen LogP contribution in [0.2, 0.25) is 5.15 Å². The molecule has 8 heteroatoms. The van der Waals surface area contributed by atoms with Gasteiger partial charge in [-0.15, -0.1) is 11.6 Å². The fourth-order valence-corrected chi connectivity index (χ4v) is 2.57. The molecule has 2 rings (SSSR count). The van der Waals surface area contributed by atoms with Crippen molar-refractivity contribution in [3.8, 4) is 11.6 Å². The number of aromatic nitrogens is 2. The number of alkyl halides is 1. The summed E-state index contributed by atoms with van der Waals surface area (Å²) in [6.07, 6.45) is 2.40. The summed E-state index contributed by atoms with van der Waals surface area (Å²) in [7, 11) is -3.24. The second-order valence-corrected chi connectivity index (χ2v) is 6.57. The Kier molecular flexibility index (Phi) is 4.47. The molecule has 0 unspecified atom stereocenters. The maximum atomic E-state index is 11.4. The zero-order chi connectivity index (χ0) is 14.8. The number of ether oxygens (including phenoxy) is 1. The van der Waals surface area contributed by atoms with Crippen molar-refractivity contribution in [3.63, 3.8) is 0 Å². The predicted octanol–water partition coefficient (Wildman–Crippen LogP) is 3.06. The first-order valence-electron chi connectivity index (χ1n) is 5.45. The van der Waals surface area contributed by atoms with E-state index in [4.69, 9.17) is 27.9 Å². The van der Waals surface area contributed by atoms with Crippen molar-refractivity contribution < 1.29 is 13.2 Å². The van der Waals surface area contributed by atoms with Gasteiger partial charge in [0.05, 0.1) is 16.3 Å². The standard InChI is InChI=1S/C12H10Cl2N2O3S/c1-20(17,18)9-4-2-8(3-5-9)19-12-10(6-13)11(14)15-7-16-12/h2-5,7H,6H2,1H3. The lowest BCUT2D eigenvalue weighted by atomic mass is 10.3. The van der Waals surface area contributed by atoms with E-state index in [1.165, 1.54) is 30.6 Å². The second kappa shape index (κ2) is 5.95. The topological polar surface area (TPSA) is 69.2 Å². The molecule has 0 aliphatic rings. The van der Waals surface area contributed by atoms with Crippen LogP contribution in [0.3, 0.4) is 0 Å². The van der Waals surface area contributed by atoms with Crippen LogP contribution < -0.4 is 4.74 Å². The number of sulfone groups is 1. The highest BCUT2D eigenvalue weighted by Gasteiger charge is 2.12. The highest BCUT2D eigenvalue weighted by molar-refractivity contribution is 7.90. The molecule has 0 saturated heterocycles. The van der Waals surface area contributed by atoms with Crippen molar-refractivity contribution in [2.75, 3.05) is 6.26 Å². The molecule has 20 heavy (non-hydrogen) atoms. The van der Waals surface area contributed by atoms with E-state index in [0.29, 0.717) is 11.3 Å². The van der Waals surface area contributed by atoms with Gasteiger partial charge in [-0.25, -0.2) is 18.4 Å². The third kappa shape index (κ3) is 3.39. The van der Waals surface area contributed by atoms with Crippen LogP contribution in [-0.4, -0.2) is 24.6 Å². The van der Waals surface area contributed by atoms with E-state index in [9.17, 15) is 8.42 Å². The summed E-state index contributed by atoms with van der Waals surface area (Å²) in [5.41, 5.74) is 0.475. The Labute approximate surface area is 126 Å². The summed E-state index contributed by atoms with van der Waals surface area (Å²) >= 11 is 11.7. The molecule has 0 aliphatic heterocycles. The molecule has 0 fully saturated rings. The molecule has 0 aliphatic carbocycles. The molecule has 0 N–H and O–H groups in total. The summed E-state index contributed by atoms with van der Waals surface area (Å²) in [6.45, 7) is 0. The zero-order valence-corrected chi connectivity index (χ0v) is 12.7. The van der Waals surface area contributed by atoms with Gasteiger partial charge in [-0.2, -0.15) is 0 Å². The molecule has 106 valence electrons. The van der Waals surface area contributed by atoms with Gasteiger partial charge in [0.1, 0.15) is 17.2 Å². The van der Waals surface area contributed by atoms with Crippen LogP contribution in [0.5, 0.6) is 11.6 Å². The molecule has 2 aromatic rings. The third-order valence-corrected chi connectivity index (χ3v) is 4.17. The van der Waals surface area contributed by atoms with Gasteiger partial charge in [-0.3, -0.25) is 0 Å². The second-order valence-electron chi connectivity index (χ2n) is 3.93. The van der Waals surface area contributed by atoms with Gasteiger partial charge < -0.3 is 4.74 Å². The average molecular weight is 333 g/mol. The number of hydrogen-bond donors (Lipinski definition) is 0. The normalized spacial score (nSPS) is 11.3. The van der Waals surface area contributed by atoms with Crippen LogP contribution in [0.25, 0.3) is 0 Å². The number of benzene rings is 1. The lowest BCUT2D eigenvalue weighted by Gasteiger charge is -2.09. The fourth-order valence-electron chi connectivity index (χ4n) is 1.44. The van der Waals surface area contributed by atoms with Crippen molar-refractivity contribution in [3.05, 3.63) is 41.3 Å². The van der Waals surface area contributed by atoms with E-state index in [2.05, 4.69) is 9.97 Å². The Hall–Kier alpha value is -1.37. The van der Waals surface area contributed by atoms with E-state index in [1.807, 2.05) is 0 Å². The summed E-state index contributed by atoms with van der Waals surface area (Å²) < 4.78 is 28.2. The maximum Gasteiger partial charge on any atom is 0.228 e. The number of hydrogen-bond acceptors (Lipinski definition) is 5. The first-order chi connectivity index (χ1) is 9.41. The minimum absolute atomic E-state index is 0.108. The summed E-state index contributed by atoms with van der Waals surface area (Å²) in [4.78, 5) is 7.98. The van der Waals surface area contributed by atoms with E-state index in [1.54, 1.807) is 0 Å². The number of halogens is 2. The smallest absolute Gasteiger partial charge is 0.228 e. The van der Waals surface area contributed by atoms with Crippen molar-refractivity contribution in [2.45, 2.75) is 10.8 Å². The molecule has 0 radical (unpaired) electrons. The Balaban J connectivity index is 2.29. The van der Waals surface area contributed by atoms with Gasteiger partial charge >= 0.3 is 0 Å². The number of rotatable bonds is 4. The lowest BCUT2D eigenvalue weighted by Crippen LogP contribution is -1.98. The maximum absolute atomic E-state index is 11.4. The first kappa shape index (κ1) is 15.0. The van der Waals surface area contributed by atoms with E-state index < -0.39 is 9.84 Å². The molecule has 0 spiro atoms. The van der Waals surface area contributed by atoms with Crippen molar-refractivity contribution in [2.24, 2.45) is 0 Å². The molecule has 1 heterocycles. The molecule has 0 bridgehead atoms. The van der Waals surface area contributed by atoms with Gasteiger partial charge in [0, 0.05) is 6.26 Å². The van der Waals surface area contributed by atoms with E-state index in [-0.39, 0.29) is 21.8 Å². The van der Waals surface area contributed by atoms with Crippen molar-refractivity contribution in [1.82, 2.24) is 9.97 Å². The molecule has 0 amide bonds. The quantitative estimate of drug-likeness (QED) is 0.635. The van der Waals surface area contributed by atoms with Crippen LogP contribution in [0.15, 0.2) is 35.5 Å². The first-order valence-corrected chi connectivity index (χ1v) is 8.25. The molecular weight excluding hydrogens is 323 g/mol. The minimum atomic E-state index is -3.24. The highest BCUT2D eigenvalue weighted by atomic mass is 35.5. The SMILES string of the molecule is CS(=O)(=O)c1ccc(Oc2ncnc(Cl)c2CCl)cc1. The molecule has 1 aromatic heterocycles. The molecule has 0 saturated carbocycles. The largest absolute Gasteiger partial charge is 0.439 e. The molecule has 1 aromatic carbocycles. The Morgan fingerprint density at radius 1 is 1.20 bits per heavy atom. The zero-order valence-electron chi connectivity index (χ0n) is 10.4. The third-order valence-electron chi connectivity index (χ3n) is 2.45. The summed E-state index contributed by atoms with van der Waals surface area (Å²) in [5, 5.41) is 0.220. The van der Waals surface area contributed by atoms with Gasteiger partial charge in [0.25, 0.3) is 0 Å². The highest BCUT2D eigenvalue weighted by Crippen LogP contribution is 2.28. The average Bonchev–Trinajstić information content (AvgIpc) is 2.38. The minimum Gasteiger partial charge on any atom is -0.439 e. The predicted molar refractivity (Wildman–Crippen MR) is 76.2 cm³/mol. The molecule has 5 nitrogen and oxygen atoms in total. The van der Waals surface area contributed by atoms with Crippen LogP contribution in [-0.2, 0) is 15.7 Å². The van der Waals surface area contributed by atoms with E-state index in [0.717, 1.165) is 6.26 Å². The van der Waals surface area contributed by atoms with Crippen LogP contribution in [0.1, 0.15) is 5.56 Å². The fraction of sp³-hybridized carbons (Fsp3) is 0.167. The van der Waals surface area contributed by atoms with Gasteiger partial charge in [-0.05, 0) is 24.3 Å². The van der Waals surface area contributed by atoms with Crippen LogP contribution >= 0.6 is 23.2 Å². The molecular formula is C12H10Cl2N2O3S. The van der Waals surface area contributed by atoms with Gasteiger partial charge in [0.2, 0.25) is 5.88 Å². The van der Waals surface area contributed by atoms with Gasteiger partial charge in [0.15, 0.2) is 9.84 Å². The van der Waals surface area contributed by atoms with E-state index >= 15 is 0 Å². The Morgan fingerprint density at radius 2 is 1.85 bits per heavy atom. The van der Waals surface area contributed by atoms with Crippen molar-refractivity contribution in [1.29, 1.82) is 0 Å². The van der Waals surface area contributed by atoms with Crippen LogP contribution in [0.4, 0.5) is 0 Å². The summed E-state index contributed by atoms with van der Waals surface area (Å²) in [5.74, 6) is 0.779.